The number of imide groups is 1. The van der Waals surface area contributed by atoms with Gasteiger partial charge in [-0.25, -0.2) is 4.79 Å². The monoisotopic (exact) mass is 415 g/mol. The summed E-state index contributed by atoms with van der Waals surface area (Å²) in [6.07, 6.45) is 5.93. The van der Waals surface area contributed by atoms with Crippen LogP contribution in [0.25, 0.3) is 0 Å². The third-order valence-corrected chi connectivity index (χ3v) is 5.66. The second-order valence-electron chi connectivity index (χ2n) is 7.85. The average Bonchev–Trinajstić information content (AvgIpc) is 3.14. The maximum atomic E-state index is 12.4. The maximum absolute atomic E-state index is 12.4. The van der Waals surface area contributed by atoms with Crippen LogP contribution in [-0.2, 0) is 25.5 Å². The van der Waals surface area contributed by atoms with Crippen LogP contribution in [0.4, 0.5) is 10.5 Å². The Labute approximate surface area is 176 Å². The molecule has 8 nitrogen and oxygen atoms in total. The van der Waals surface area contributed by atoms with Crippen LogP contribution in [0.15, 0.2) is 24.3 Å². The number of benzene rings is 1. The number of rotatable bonds is 6. The lowest BCUT2D eigenvalue weighted by atomic mass is 9.96. The van der Waals surface area contributed by atoms with Gasteiger partial charge in [-0.2, -0.15) is 0 Å². The number of nitrogens with zero attached hydrogens (tertiary/aromatic N) is 1. The van der Waals surface area contributed by atoms with Crippen molar-refractivity contribution in [3.05, 3.63) is 29.8 Å². The standard InChI is InChI=1S/C22H29N3O5/c1-2-15-8-6-7-11-18(15)25-13-16(12-20(25)27)21(28)30-14-19(26)24-22(29)23-17-9-4-3-5-10-17/h6-8,11,16-17H,2-5,9-10,12-14H2,1H3,(H2,23,24,26,29). The van der Waals surface area contributed by atoms with Gasteiger partial charge in [0.2, 0.25) is 5.91 Å². The number of urea groups is 1. The number of anilines is 1. The van der Waals surface area contributed by atoms with E-state index in [1.165, 1.54) is 6.42 Å². The van der Waals surface area contributed by atoms with Crippen molar-refractivity contribution in [2.75, 3.05) is 18.1 Å². The predicted molar refractivity (Wildman–Crippen MR) is 111 cm³/mol. The van der Waals surface area contributed by atoms with E-state index in [1.54, 1.807) is 4.90 Å². The Morgan fingerprint density at radius 1 is 1.13 bits per heavy atom. The molecule has 30 heavy (non-hydrogen) atoms. The number of nitrogens with one attached hydrogen (secondary N) is 2. The van der Waals surface area contributed by atoms with Gasteiger partial charge in [-0.15, -0.1) is 0 Å². The molecule has 162 valence electrons. The number of para-hydroxylation sites is 1. The van der Waals surface area contributed by atoms with Gasteiger partial charge in [0.25, 0.3) is 5.91 Å². The predicted octanol–water partition coefficient (Wildman–Crippen LogP) is 2.30. The van der Waals surface area contributed by atoms with Crippen molar-refractivity contribution in [1.29, 1.82) is 0 Å². The van der Waals surface area contributed by atoms with E-state index in [2.05, 4.69) is 10.6 Å². The summed E-state index contributed by atoms with van der Waals surface area (Å²) in [5, 5.41) is 4.96. The van der Waals surface area contributed by atoms with E-state index in [4.69, 9.17) is 4.74 Å². The van der Waals surface area contributed by atoms with Crippen LogP contribution in [0.2, 0.25) is 0 Å². The topological polar surface area (TPSA) is 105 Å². The zero-order chi connectivity index (χ0) is 21.5. The summed E-state index contributed by atoms with van der Waals surface area (Å²) < 4.78 is 5.06. The van der Waals surface area contributed by atoms with Crippen molar-refractivity contribution < 1.29 is 23.9 Å². The second-order valence-corrected chi connectivity index (χ2v) is 7.85. The Hall–Kier alpha value is -2.90. The highest BCUT2D eigenvalue weighted by molar-refractivity contribution is 6.00. The zero-order valence-electron chi connectivity index (χ0n) is 17.3. The molecular formula is C22H29N3O5. The molecule has 1 aromatic carbocycles. The lowest BCUT2D eigenvalue weighted by Gasteiger charge is -2.22. The molecule has 1 saturated heterocycles. The van der Waals surface area contributed by atoms with Crippen molar-refractivity contribution in [3.63, 3.8) is 0 Å². The van der Waals surface area contributed by atoms with Crippen molar-refractivity contribution in [2.45, 2.75) is 57.9 Å². The summed E-state index contributed by atoms with van der Waals surface area (Å²) >= 11 is 0. The minimum absolute atomic E-state index is 0.0423. The van der Waals surface area contributed by atoms with Crippen LogP contribution in [0.1, 0.15) is 51.0 Å². The smallest absolute Gasteiger partial charge is 0.321 e. The van der Waals surface area contributed by atoms with Gasteiger partial charge in [0.1, 0.15) is 0 Å². The van der Waals surface area contributed by atoms with E-state index >= 15 is 0 Å². The summed E-state index contributed by atoms with van der Waals surface area (Å²) in [4.78, 5) is 50.2. The Kier molecular flexibility index (Phi) is 7.43. The summed E-state index contributed by atoms with van der Waals surface area (Å²) in [6, 6.07) is 7.10. The fraction of sp³-hybridized carbons (Fsp3) is 0.545. The van der Waals surface area contributed by atoms with Crippen LogP contribution in [0, 0.1) is 5.92 Å². The minimum Gasteiger partial charge on any atom is -0.455 e. The molecule has 0 aromatic heterocycles. The molecule has 8 heteroatoms. The second kappa shape index (κ2) is 10.2. The number of hydrogen-bond acceptors (Lipinski definition) is 5. The van der Waals surface area contributed by atoms with Gasteiger partial charge in [0, 0.05) is 24.7 Å². The maximum Gasteiger partial charge on any atom is 0.321 e. The number of esters is 1. The highest BCUT2D eigenvalue weighted by Crippen LogP contribution is 2.29. The molecule has 1 heterocycles. The summed E-state index contributed by atoms with van der Waals surface area (Å²) in [5.41, 5.74) is 1.83. The van der Waals surface area contributed by atoms with E-state index in [9.17, 15) is 19.2 Å². The summed E-state index contributed by atoms with van der Waals surface area (Å²) in [5.74, 6) is -2.07. The van der Waals surface area contributed by atoms with Gasteiger partial charge in [0.15, 0.2) is 6.61 Å². The first-order valence-corrected chi connectivity index (χ1v) is 10.6. The van der Waals surface area contributed by atoms with E-state index in [0.717, 1.165) is 43.4 Å². The van der Waals surface area contributed by atoms with Gasteiger partial charge in [-0.05, 0) is 30.9 Å². The van der Waals surface area contributed by atoms with Gasteiger partial charge < -0.3 is 15.0 Å². The van der Waals surface area contributed by atoms with Crippen LogP contribution in [-0.4, -0.2) is 43.0 Å². The zero-order valence-corrected chi connectivity index (χ0v) is 17.3. The Morgan fingerprint density at radius 3 is 2.60 bits per heavy atom. The van der Waals surface area contributed by atoms with Crippen LogP contribution >= 0.6 is 0 Å². The van der Waals surface area contributed by atoms with Gasteiger partial charge in [-0.1, -0.05) is 44.4 Å². The fourth-order valence-electron chi connectivity index (χ4n) is 4.06. The van der Waals surface area contributed by atoms with E-state index in [1.807, 2.05) is 31.2 Å². The van der Waals surface area contributed by atoms with Gasteiger partial charge in [0.05, 0.1) is 5.92 Å². The molecule has 0 radical (unpaired) electrons. The highest BCUT2D eigenvalue weighted by Gasteiger charge is 2.37. The van der Waals surface area contributed by atoms with Crippen molar-refractivity contribution in [3.8, 4) is 0 Å². The van der Waals surface area contributed by atoms with E-state index in [0.29, 0.717) is 0 Å². The molecule has 4 amide bonds. The van der Waals surface area contributed by atoms with Crippen molar-refractivity contribution >= 4 is 29.5 Å². The SMILES string of the molecule is CCc1ccccc1N1CC(C(=O)OCC(=O)NC(=O)NC2CCCCC2)CC1=O. The number of hydrogen-bond donors (Lipinski definition) is 2. The van der Waals surface area contributed by atoms with Crippen molar-refractivity contribution in [1.82, 2.24) is 10.6 Å². The molecule has 2 aliphatic rings. The molecule has 0 bridgehead atoms. The minimum atomic E-state index is -0.686. The highest BCUT2D eigenvalue weighted by atomic mass is 16.5. The largest absolute Gasteiger partial charge is 0.455 e. The summed E-state index contributed by atoms with van der Waals surface area (Å²) in [7, 11) is 0. The fourth-order valence-corrected chi connectivity index (χ4v) is 4.06. The summed E-state index contributed by atoms with van der Waals surface area (Å²) in [6.45, 7) is 1.68. The molecular weight excluding hydrogens is 386 g/mol. The van der Waals surface area contributed by atoms with E-state index < -0.39 is 30.4 Å². The number of carbonyl (C=O) groups excluding carboxylic acids is 4. The van der Waals surface area contributed by atoms with Crippen LogP contribution in [0.5, 0.6) is 0 Å². The molecule has 2 fully saturated rings. The number of aryl methyl sites for hydroxylation is 1. The average molecular weight is 415 g/mol. The molecule has 1 saturated carbocycles. The molecule has 1 aliphatic carbocycles. The normalized spacial score (nSPS) is 19.4. The number of carbonyl (C=O) groups is 4. The molecule has 1 atom stereocenters. The van der Waals surface area contributed by atoms with Crippen LogP contribution < -0.4 is 15.5 Å². The third-order valence-electron chi connectivity index (χ3n) is 5.66. The first kappa shape index (κ1) is 21.8. The Balaban J connectivity index is 1.45. The molecule has 2 N–H and O–H groups in total. The lowest BCUT2D eigenvalue weighted by Crippen LogP contribution is -2.46. The molecule has 0 spiro atoms. The molecule has 3 rings (SSSR count). The Morgan fingerprint density at radius 2 is 1.87 bits per heavy atom. The van der Waals surface area contributed by atoms with E-state index in [-0.39, 0.29) is 24.9 Å². The first-order chi connectivity index (χ1) is 14.5. The van der Waals surface area contributed by atoms with Gasteiger partial charge >= 0.3 is 12.0 Å². The first-order valence-electron chi connectivity index (χ1n) is 10.6. The van der Waals surface area contributed by atoms with Crippen LogP contribution in [0.3, 0.4) is 0 Å². The number of ether oxygens (including phenoxy) is 1. The lowest BCUT2D eigenvalue weighted by molar-refractivity contribution is -0.152. The third kappa shape index (κ3) is 5.58. The van der Waals surface area contributed by atoms with Gasteiger partial charge in [-0.3, -0.25) is 19.7 Å². The molecule has 1 aromatic rings. The van der Waals surface area contributed by atoms with Crippen molar-refractivity contribution in [2.24, 2.45) is 5.92 Å². The molecule has 1 aliphatic heterocycles. The Bertz CT molecular complexity index is 804. The molecule has 1 unspecified atom stereocenters. The quantitative estimate of drug-likeness (QED) is 0.694. The number of amides is 4.